The molecule has 5 heteroatoms. The van der Waals surface area contributed by atoms with Crippen LogP contribution in [0.4, 0.5) is 5.69 Å². The summed E-state index contributed by atoms with van der Waals surface area (Å²) in [5, 5.41) is 19.3. The van der Waals surface area contributed by atoms with Gasteiger partial charge < -0.3 is 10.2 Å². The van der Waals surface area contributed by atoms with Gasteiger partial charge >= 0.3 is 0 Å². The Hall–Kier alpha value is -1.33. The molecular formula is C14H11Br2NO2. The van der Waals surface area contributed by atoms with Crippen LogP contribution in [0.5, 0.6) is 11.5 Å². The summed E-state index contributed by atoms with van der Waals surface area (Å²) in [6.07, 6.45) is 1.59. The van der Waals surface area contributed by atoms with Gasteiger partial charge in [0.2, 0.25) is 0 Å². The van der Waals surface area contributed by atoms with E-state index in [-0.39, 0.29) is 11.5 Å². The molecule has 2 aromatic carbocycles. The maximum atomic E-state index is 9.72. The first-order valence-corrected chi connectivity index (χ1v) is 7.07. The number of hydrogen-bond acceptors (Lipinski definition) is 3. The van der Waals surface area contributed by atoms with Crippen LogP contribution in [-0.4, -0.2) is 16.4 Å². The molecule has 0 aliphatic heterocycles. The van der Waals surface area contributed by atoms with Crippen LogP contribution in [0.3, 0.4) is 0 Å². The Balaban J connectivity index is 2.35. The van der Waals surface area contributed by atoms with E-state index in [1.54, 1.807) is 24.4 Å². The fourth-order valence-electron chi connectivity index (χ4n) is 1.55. The molecule has 0 aliphatic carbocycles. The Morgan fingerprint density at radius 3 is 2.32 bits per heavy atom. The second-order valence-corrected chi connectivity index (χ2v) is 5.79. The molecule has 0 unspecified atom stereocenters. The first-order chi connectivity index (χ1) is 8.97. The lowest BCUT2D eigenvalue weighted by Crippen LogP contribution is -1.84. The fourth-order valence-corrected chi connectivity index (χ4v) is 2.71. The number of hydrogen-bond donors (Lipinski definition) is 2. The summed E-state index contributed by atoms with van der Waals surface area (Å²) < 4.78 is 1.12. The third-order valence-corrected chi connectivity index (χ3v) is 3.75. The number of halogens is 2. The lowest BCUT2D eigenvalue weighted by Gasteiger charge is -2.03. The topological polar surface area (TPSA) is 52.8 Å². The molecule has 0 bridgehead atoms. The van der Waals surface area contributed by atoms with E-state index < -0.39 is 0 Å². The van der Waals surface area contributed by atoms with Crippen molar-refractivity contribution in [3.8, 4) is 11.5 Å². The van der Waals surface area contributed by atoms with E-state index in [1.165, 1.54) is 0 Å². The van der Waals surface area contributed by atoms with E-state index in [0.29, 0.717) is 20.2 Å². The summed E-state index contributed by atoms with van der Waals surface area (Å²) in [6.45, 7) is 1.95. The van der Waals surface area contributed by atoms with Crippen molar-refractivity contribution in [1.82, 2.24) is 0 Å². The van der Waals surface area contributed by atoms with Gasteiger partial charge in [0.25, 0.3) is 0 Å². The SMILES string of the molecule is Cc1ccc(O)c(C=Nc2cc(Br)c(O)c(Br)c2)c1. The van der Waals surface area contributed by atoms with Crippen molar-refractivity contribution in [1.29, 1.82) is 0 Å². The monoisotopic (exact) mass is 383 g/mol. The largest absolute Gasteiger partial charge is 0.507 e. The predicted octanol–water partition coefficient (Wildman–Crippen LogP) is 4.68. The van der Waals surface area contributed by atoms with Gasteiger partial charge in [0.1, 0.15) is 11.5 Å². The fraction of sp³-hybridized carbons (Fsp3) is 0.0714. The highest BCUT2D eigenvalue weighted by Crippen LogP contribution is 2.36. The average molecular weight is 385 g/mol. The van der Waals surface area contributed by atoms with Crippen molar-refractivity contribution in [2.45, 2.75) is 6.92 Å². The van der Waals surface area contributed by atoms with Crippen LogP contribution >= 0.6 is 31.9 Å². The van der Waals surface area contributed by atoms with Crippen LogP contribution in [0.25, 0.3) is 0 Å². The molecule has 2 N–H and O–H groups in total. The van der Waals surface area contributed by atoms with Crippen LogP contribution in [0.1, 0.15) is 11.1 Å². The first-order valence-electron chi connectivity index (χ1n) is 5.49. The van der Waals surface area contributed by atoms with Crippen LogP contribution < -0.4 is 0 Å². The summed E-state index contributed by atoms with van der Waals surface area (Å²) in [7, 11) is 0. The molecule has 0 atom stereocenters. The number of aliphatic imine (C=N–C) groups is 1. The van der Waals surface area contributed by atoms with Gasteiger partial charge in [0.05, 0.1) is 14.6 Å². The van der Waals surface area contributed by atoms with Crippen LogP contribution in [0.15, 0.2) is 44.3 Å². The zero-order valence-electron chi connectivity index (χ0n) is 10.1. The Labute approximate surface area is 127 Å². The number of rotatable bonds is 2. The third kappa shape index (κ3) is 3.36. The number of aryl methyl sites for hydroxylation is 1. The highest BCUT2D eigenvalue weighted by molar-refractivity contribution is 9.11. The van der Waals surface area contributed by atoms with Gasteiger partial charge in [-0.25, -0.2) is 0 Å². The average Bonchev–Trinajstić information content (AvgIpc) is 2.37. The molecule has 0 spiro atoms. The predicted molar refractivity (Wildman–Crippen MR) is 83.6 cm³/mol. The van der Waals surface area contributed by atoms with Crippen molar-refractivity contribution in [2.24, 2.45) is 4.99 Å². The molecule has 2 aromatic rings. The van der Waals surface area contributed by atoms with Crippen molar-refractivity contribution in [3.05, 3.63) is 50.4 Å². The zero-order valence-corrected chi connectivity index (χ0v) is 13.2. The summed E-state index contributed by atoms with van der Waals surface area (Å²) in [4.78, 5) is 4.29. The van der Waals surface area contributed by atoms with Crippen LogP contribution in [0, 0.1) is 6.92 Å². The number of benzene rings is 2. The van der Waals surface area contributed by atoms with Gasteiger partial charge in [-0.3, -0.25) is 4.99 Å². The van der Waals surface area contributed by atoms with Gasteiger partial charge in [-0.05, 0) is 63.0 Å². The molecule has 0 heterocycles. The molecule has 0 fully saturated rings. The van der Waals surface area contributed by atoms with E-state index in [2.05, 4.69) is 36.9 Å². The van der Waals surface area contributed by atoms with Gasteiger partial charge in [0.15, 0.2) is 0 Å². The second-order valence-electron chi connectivity index (χ2n) is 4.08. The van der Waals surface area contributed by atoms with E-state index in [0.717, 1.165) is 5.56 Å². The summed E-state index contributed by atoms with van der Waals surface area (Å²) >= 11 is 6.49. The van der Waals surface area contributed by atoms with E-state index in [1.807, 2.05) is 19.1 Å². The van der Waals surface area contributed by atoms with Crippen molar-refractivity contribution < 1.29 is 10.2 Å². The molecular weight excluding hydrogens is 374 g/mol. The number of phenolic OH excluding ortho intramolecular Hbond substituents is 2. The Bertz CT molecular complexity index is 631. The van der Waals surface area contributed by atoms with E-state index in [4.69, 9.17) is 0 Å². The molecule has 0 amide bonds. The molecule has 2 rings (SSSR count). The highest BCUT2D eigenvalue weighted by atomic mass is 79.9. The lowest BCUT2D eigenvalue weighted by molar-refractivity contribution is 0.468. The van der Waals surface area contributed by atoms with Crippen molar-refractivity contribution in [2.75, 3.05) is 0 Å². The normalized spacial score (nSPS) is 11.1. The van der Waals surface area contributed by atoms with E-state index in [9.17, 15) is 10.2 Å². The maximum Gasteiger partial charge on any atom is 0.144 e. The summed E-state index contributed by atoms with van der Waals surface area (Å²) in [5.41, 5.74) is 2.37. The zero-order chi connectivity index (χ0) is 14.0. The first kappa shape index (κ1) is 14.1. The Morgan fingerprint density at radius 1 is 1.05 bits per heavy atom. The van der Waals surface area contributed by atoms with Gasteiger partial charge in [-0.1, -0.05) is 11.6 Å². The Kier molecular flexibility index (Phi) is 4.27. The standard InChI is InChI=1S/C14H11Br2NO2/c1-8-2-3-13(18)9(4-8)7-17-10-5-11(15)14(19)12(16)6-10/h2-7,18-19H,1H3. The van der Waals surface area contributed by atoms with E-state index >= 15 is 0 Å². The molecule has 0 radical (unpaired) electrons. The van der Waals surface area contributed by atoms with Crippen LogP contribution in [-0.2, 0) is 0 Å². The number of aromatic hydroxyl groups is 2. The van der Waals surface area contributed by atoms with Crippen molar-refractivity contribution in [3.63, 3.8) is 0 Å². The van der Waals surface area contributed by atoms with Gasteiger partial charge in [-0.15, -0.1) is 0 Å². The quantitative estimate of drug-likeness (QED) is 0.738. The minimum atomic E-state index is 0.136. The molecule has 0 saturated heterocycles. The minimum Gasteiger partial charge on any atom is -0.507 e. The molecule has 98 valence electrons. The molecule has 0 aromatic heterocycles. The molecule has 3 nitrogen and oxygen atoms in total. The maximum absolute atomic E-state index is 9.72. The number of phenols is 2. The third-order valence-electron chi connectivity index (χ3n) is 2.54. The number of nitrogens with zero attached hydrogens (tertiary/aromatic N) is 1. The smallest absolute Gasteiger partial charge is 0.144 e. The Morgan fingerprint density at radius 2 is 1.68 bits per heavy atom. The summed E-state index contributed by atoms with van der Waals surface area (Å²) in [5.74, 6) is 0.323. The second kappa shape index (κ2) is 5.75. The molecule has 19 heavy (non-hydrogen) atoms. The van der Waals surface area contributed by atoms with Crippen LogP contribution in [0.2, 0.25) is 0 Å². The van der Waals surface area contributed by atoms with Crippen molar-refractivity contribution >= 4 is 43.8 Å². The lowest BCUT2D eigenvalue weighted by atomic mass is 10.1. The molecule has 0 aliphatic rings. The van der Waals surface area contributed by atoms with Gasteiger partial charge in [-0.2, -0.15) is 0 Å². The minimum absolute atomic E-state index is 0.136. The highest BCUT2D eigenvalue weighted by Gasteiger charge is 2.05. The molecule has 0 saturated carbocycles. The summed E-state index contributed by atoms with van der Waals surface area (Å²) in [6, 6.07) is 8.72. The van der Waals surface area contributed by atoms with Gasteiger partial charge in [0, 0.05) is 11.8 Å².